The fourth-order valence-corrected chi connectivity index (χ4v) is 1.80. The Hall–Kier alpha value is -0.690. The second-order valence-corrected chi connectivity index (χ2v) is 5.15. The number of carbonyl (C=O) groups is 1. The molecule has 1 unspecified atom stereocenters. The van der Waals surface area contributed by atoms with E-state index in [1.54, 1.807) is 20.8 Å². The van der Waals surface area contributed by atoms with E-state index >= 15 is 0 Å². The maximum absolute atomic E-state index is 10.8. The maximum atomic E-state index is 10.8. The monoisotopic (exact) mass is 234 g/mol. The minimum Gasteiger partial charge on any atom is -0.479 e. The van der Waals surface area contributed by atoms with E-state index in [9.17, 15) is 20.1 Å². The summed E-state index contributed by atoms with van der Waals surface area (Å²) >= 11 is 0. The number of hydrogen-bond acceptors (Lipinski definition) is 5. The van der Waals surface area contributed by atoms with Crippen molar-refractivity contribution in [3.05, 3.63) is 0 Å². The second kappa shape index (κ2) is 4.29. The zero-order chi connectivity index (χ0) is 12.7. The summed E-state index contributed by atoms with van der Waals surface area (Å²) in [5, 5.41) is 37.5. The Labute approximate surface area is 93.5 Å². The van der Waals surface area contributed by atoms with E-state index in [2.05, 4.69) is 0 Å². The summed E-state index contributed by atoms with van der Waals surface area (Å²) in [6.45, 7) is 5.26. The predicted molar refractivity (Wildman–Crippen MR) is 53.8 cm³/mol. The molecule has 0 saturated carbocycles. The topological polar surface area (TPSA) is 107 Å². The van der Waals surface area contributed by atoms with Gasteiger partial charge in [-0.2, -0.15) is 0 Å². The Balaban J connectivity index is 2.94. The van der Waals surface area contributed by atoms with Crippen LogP contribution >= 0.6 is 0 Å². The number of ether oxygens (including phenoxy) is 1. The van der Waals surface area contributed by atoms with Gasteiger partial charge in [-0.15, -0.1) is 0 Å². The van der Waals surface area contributed by atoms with Crippen LogP contribution in [0.4, 0.5) is 0 Å². The Morgan fingerprint density at radius 2 is 1.56 bits per heavy atom. The molecule has 5 atom stereocenters. The standard InChI is InChI=1S/C10H18O6/c1-10(2,3)8-6(13)4(11)5(12)7(16-8)9(14)15/h4-8,11-13H,1-3H3,(H,14,15)/t4-,5-,6+,7-,8?/m1/s1. The molecule has 6 nitrogen and oxygen atoms in total. The van der Waals surface area contributed by atoms with Crippen molar-refractivity contribution in [3.8, 4) is 0 Å². The molecule has 1 aliphatic heterocycles. The molecule has 0 aromatic heterocycles. The van der Waals surface area contributed by atoms with E-state index in [4.69, 9.17) is 9.84 Å². The molecule has 0 aromatic carbocycles. The Morgan fingerprint density at radius 3 is 1.94 bits per heavy atom. The quantitative estimate of drug-likeness (QED) is 0.462. The Kier molecular flexibility index (Phi) is 3.59. The zero-order valence-corrected chi connectivity index (χ0v) is 9.49. The van der Waals surface area contributed by atoms with Crippen LogP contribution in [0.15, 0.2) is 0 Å². The molecular weight excluding hydrogens is 216 g/mol. The molecule has 1 rings (SSSR count). The lowest BCUT2D eigenvalue weighted by atomic mass is 9.80. The lowest BCUT2D eigenvalue weighted by molar-refractivity contribution is -0.246. The molecule has 1 saturated heterocycles. The second-order valence-electron chi connectivity index (χ2n) is 5.15. The van der Waals surface area contributed by atoms with Crippen LogP contribution in [-0.2, 0) is 9.53 Å². The molecule has 0 spiro atoms. The van der Waals surface area contributed by atoms with Crippen LogP contribution in [0.25, 0.3) is 0 Å². The maximum Gasteiger partial charge on any atom is 0.335 e. The summed E-state index contributed by atoms with van der Waals surface area (Å²) in [4.78, 5) is 10.8. The molecule has 94 valence electrons. The molecular formula is C10H18O6. The van der Waals surface area contributed by atoms with Crippen LogP contribution in [0.1, 0.15) is 20.8 Å². The highest BCUT2D eigenvalue weighted by molar-refractivity contribution is 5.73. The van der Waals surface area contributed by atoms with E-state index in [1.807, 2.05) is 0 Å². The fraction of sp³-hybridized carbons (Fsp3) is 0.900. The van der Waals surface area contributed by atoms with Gasteiger partial charge in [0.2, 0.25) is 0 Å². The first-order valence-corrected chi connectivity index (χ1v) is 5.08. The molecule has 1 heterocycles. The van der Waals surface area contributed by atoms with Gasteiger partial charge in [-0.3, -0.25) is 0 Å². The number of hydrogen-bond donors (Lipinski definition) is 4. The summed E-state index contributed by atoms with van der Waals surface area (Å²) in [6, 6.07) is 0. The van der Waals surface area contributed by atoms with Gasteiger partial charge in [-0.1, -0.05) is 20.8 Å². The highest BCUT2D eigenvalue weighted by Crippen LogP contribution is 2.32. The molecule has 0 bridgehead atoms. The van der Waals surface area contributed by atoms with Gasteiger partial charge in [-0.05, 0) is 5.41 Å². The largest absolute Gasteiger partial charge is 0.479 e. The van der Waals surface area contributed by atoms with Gasteiger partial charge in [0.25, 0.3) is 0 Å². The highest BCUT2D eigenvalue weighted by atomic mass is 16.6. The first-order valence-electron chi connectivity index (χ1n) is 5.08. The summed E-state index contributed by atoms with van der Waals surface area (Å²) in [7, 11) is 0. The van der Waals surface area contributed by atoms with E-state index < -0.39 is 41.9 Å². The molecule has 4 N–H and O–H groups in total. The average molecular weight is 234 g/mol. The van der Waals surface area contributed by atoms with Gasteiger partial charge in [0.1, 0.15) is 18.3 Å². The molecule has 1 aliphatic rings. The Morgan fingerprint density at radius 1 is 1.06 bits per heavy atom. The van der Waals surface area contributed by atoms with Crippen molar-refractivity contribution in [1.29, 1.82) is 0 Å². The lowest BCUT2D eigenvalue weighted by Crippen LogP contribution is -2.62. The smallest absolute Gasteiger partial charge is 0.335 e. The van der Waals surface area contributed by atoms with E-state index in [-0.39, 0.29) is 0 Å². The first-order chi connectivity index (χ1) is 7.16. The van der Waals surface area contributed by atoms with Gasteiger partial charge in [0.05, 0.1) is 6.10 Å². The van der Waals surface area contributed by atoms with E-state index in [1.165, 1.54) is 0 Å². The highest BCUT2D eigenvalue weighted by Gasteiger charge is 2.50. The van der Waals surface area contributed by atoms with Crippen molar-refractivity contribution in [1.82, 2.24) is 0 Å². The number of aliphatic carboxylic acids is 1. The molecule has 1 fully saturated rings. The van der Waals surface area contributed by atoms with Crippen LogP contribution in [0, 0.1) is 5.41 Å². The third-order valence-electron chi connectivity index (χ3n) is 2.71. The van der Waals surface area contributed by atoms with Crippen molar-refractivity contribution in [3.63, 3.8) is 0 Å². The zero-order valence-electron chi connectivity index (χ0n) is 9.49. The third-order valence-corrected chi connectivity index (χ3v) is 2.71. The predicted octanol–water partition coefficient (Wildman–Crippen LogP) is -1.03. The van der Waals surface area contributed by atoms with Gasteiger partial charge in [-0.25, -0.2) is 4.79 Å². The van der Waals surface area contributed by atoms with Gasteiger partial charge in [0.15, 0.2) is 6.10 Å². The van der Waals surface area contributed by atoms with E-state index in [0.29, 0.717) is 0 Å². The molecule has 16 heavy (non-hydrogen) atoms. The van der Waals surface area contributed by atoms with Crippen molar-refractivity contribution < 1.29 is 30.0 Å². The summed E-state index contributed by atoms with van der Waals surface area (Å²) in [5.41, 5.74) is -0.533. The Bertz CT molecular complexity index is 271. The molecule has 0 aromatic rings. The van der Waals surface area contributed by atoms with Crippen molar-refractivity contribution in [2.75, 3.05) is 0 Å². The normalized spacial score (nSPS) is 40.8. The number of aliphatic hydroxyl groups excluding tert-OH is 3. The first kappa shape index (κ1) is 13.4. The molecule has 0 amide bonds. The molecule has 0 aliphatic carbocycles. The van der Waals surface area contributed by atoms with E-state index in [0.717, 1.165) is 0 Å². The van der Waals surface area contributed by atoms with Crippen LogP contribution < -0.4 is 0 Å². The molecule has 6 heteroatoms. The van der Waals surface area contributed by atoms with Crippen molar-refractivity contribution in [2.24, 2.45) is 5.41 Å². The SMILES string of the molecule is CC(C)(C)C1O[C@@H](C(=O)O)[C@H](O)[C@@H](O)[C@@H]1O. The number of carboxylic acid groups (broad SMARTS) is 1. The molecule has 0 radical (unpaired) electrons. The van der Waals surface area contributed by atoms with Crippen LogP contribution in [-0.4, -0.2) is 56.9 Å². The van der Waals surface area contributed by atoms with Gasteiger partial charge >= 0.3 is 5.97 Å². The summed E-state index contributed by atoms with van der Waals surface area (Å²) in [5.74, 6) is -1.35. The fourth-order valence-electron chi connectivity index (χ4n) is 1.80. The summed E-state index contributed by atoms with van der Waals surface area (Å²) in [6.07, 6.45) is -6.79. The van der Waals surface area contributed by atoms with Crippen molar-refractivity contribution >= 4 is 5.97 Å². The summed E-state index contributed by atoms with van der Waals surface area (Å²) < 4.78 is 5.15. The number of carboxylic acids is 1. The third kappa shape index (κ3) is 2.35. The minimum atomic E-state index is -1.62. The van der Waals surface area contributed by atoms with Crippen LogP contribution in [0.2, 0.25) is 0 Å². The number of rotatable bonds is 1. The minimum absolute atomic E-state index is 0.533. The van der Waals surface area contributed by atoms with Gasteiger partial charge < -0.3 is 25.2 Å². The van der Waals surface area contributed by atoms with Crippen LogP contribution in [0.3, 0.4) is 0 Å². The van der Waals surface area contributed by atoms with Gasteiger partial charge in [0, 0.05) is 0 Å². The average Bonchev–Trinajstić information content (AvgIpc) is 2.11. The van der Waals surface area contributed by atoms with Crippen LogP contribution in [0.5, 0.6) is 0 Å². The van der Waals surface area contributed by atoms with Crippen molar-refractivity contribution in [2.45, 2.75) is 51.3 Å². The number of aliphatic hydroxyl groups is 3. The lowest BCUT2D eigenvalue weighted by Gasteiger charge is -2.44.